The molecular formula is C62H111N11O12. The molecule has 1 rings (SSSR count). The molecule has 1 heterocycles. The second kappa shape index (κ2) is 35.5. The van der Waals surface area contributed by atoms with Crippen LogP contribution in [0.15, 0.2) is 12.2 Å². The maximum absolute atomic E-state index is 15.1. The fraction of sp³-hybridized carbons (Fsp3) is 0.790. The number of carbonyl (C=O) groups is 11. The van der Waals surface area contributed by atoms with Crippen molar-refractivity contribution in [2.45, 2.75) is 229 Å². The Morgan fingerprint density at radius 2 is 0.929 bits per heavy atom. The molecule has 11 amide bonds. The van der Waals surface area contributed by atoms with Gasteiger partial charge in [-0.05, 0) is 94.3 Å². The van der Waals surface area contributed by atoms with Crippen molar-refractivity contribution < 1.29 is 57.8 Å². The summed E-state index contributed by atoms with van der Waals surface area (Å²) in [7, 11) is 9.93. The number of rotatable bonds is 16. The lowest BCUT2D eigenvalue weighted by Crippen LogP contribution is -2.63. The van der Waals surface area contributed by atoms with E-state index in [4.69, 9.17) is 0 Å². The Labute approximate surface area is 508 Å². The van der Waals surface area contributed by atoms with Crippen LogP contribution in [-0.2, 0) is 52.7 Å². The van der Waals surface area contributed by atoms with Crippen molar-refractivity contribution in [1.29, 1.82) is 0 Å². The molecule has 1 fully saturated rings. The Balaban J connectivity index is 4.33. The molecule has 0 spiro atoms. The van der Waals surface area contributed by atoms with Gasteiger partial charge in [-0.3, -0.25) is 52.7 Å². The molecule has 0 unspecified atom stereocenters. The zero-order chi connectivity index (χ0) is 65.8. The van der Waals surface area contributed by atoms with Crippen LogP contribution in [0.4, 0.5) is 0 Å². The van der Waals surface area contributed by atoms with Crippen LogP contribution in [-0.4, -0.2) is 227 Å². The lowest BCUT2D eigenvalue weighted by molar-refractivity contribution is -0.157. The molecule has 12 atom stereocenters. The molecule has 0 saturated carbocycles. The number of aliphatic hydroxyl groups excluding tert-OH is 1. The van der Waals surface area contributed by atoms with Gasteiger partial charge < -0.3 is 60.7 Å². The van der Waals surface area contributed by atoms with E-state index < -0.39 is 156 Å². The first kappa shape index (κ1) is 76.9. The molecule has 1 aliphatic heterocycles. The minimum Gasteiger partial charge on any atom is -0.390 e. The molecule has 1 aliphatic rings. The molecule has 5 N–H and O–H groups in total. The van der Waals surface area contributed by atoms with Crippen LogP contribution in [0.1, 0.15) is 162 Å². The number of aliphatic hydroxyl groups is 1. The summed E-state index contributed by atoms with van der Waals surface area (Å²) in [5.41, 5.74) is 0. The van der Waals surface area contributed by atoms with Crippen molar-refractivity contribution in [1.82, 2.24) is 55.6 Å². The number of nitrogens with zero attached hydrogens (tertiary/aromatic N) is 7. The third-order valence-corrected chi connectivity index (χ3v) is 16.2. The summed E-state index contributed by atoms with van der Waals surface area (Å²) in [5, 5.41) is 23.2. The van der Waals surface area contributed by atoms with E-state index >= 15 is 9.59 Å². The Kier molecular flexibility index (Phi) is 32.1. The Morgan fingerprint density at radius 1 is 0.482 bits per heavy atom. The highest BCUT2D eigenvalue weighted by Crippen LogP contribution is 2.25. The molecule has 23 nitrogen and oxygen atoms in total. The highest BCUT2D eigenvalue weighted by atomic mass is 16.3. The van der Waals surface area contributed by atoms with E-state index in [1.807, 2.05) is 54.5 Å². The molecule has 0 radical (unpaired) electrons. The van der Waals surface area contributed by atoms with E-state index in [9.17, 15) is 48.3 Å². The number of hydrogen-bond donors (Lipinski definition) is 5. The van der Waals surface area contributed by atoms with Crippen molar-refractivity contribution in [3.05, 3.63) is 12.2 Å². The maximum Gasteiger partial charge on any atom is 0.246 e. The second-order valence-electron chi connectivity index (χ2n) is 25.5. The van der Waals surface area contributed by atoms with Crippen molar-refractivity contribution >= 4 is 65.0 Å². The smallest absolute Gasteiger partial charge is 0.246 e. The number of nitrogens with one attached hydrogen (secondary N) is 4. The van der Waals surface area contributed by atoms with E-state index in [0.717, 1.165) is 9.80 Å². The highest BCUT2D eigenvalue weighted by Gasteiger charge is 2.45. The topological polar surface area (TPSA) is 279 Å². The number of carbonyl (C=O) groups excluding carboxylic acids is 11. The molecular weight excluding hydrogens is 1090 g/mol. The van der Waals surface area contributed by atoms with Crippen molar-refractivity contribution in [3.8, 4) is 0 Å². The van der Waals surface area contributed by atoms with Gasteiger partial charge in [0.2, 0.25) is 65.0 Å². The van der Waals surface area contributed by atoms with Crippen LogP contribution in [0.5, 0.6) is 0 Å². The molecule has 0 aromatic heterocycles. The fourth-order valence-electron chi connectivity index (χ4n) is 10.8. The van der Waals surface area contributed by atoms with E-state index in [1.165, 1.54) is 80.8 Å². The van der Waals surface area contributed by atoms with E-state index in [2.05, 4.69) is 21.3 Å². The lowest BCUT2D eigenvalue weighted by Gasteiger charge is -2.41. The van der Waals surface area contributed by atoms with Gasteiger partial charge in [0.25, 0.3) is 0 Å². The normalized spacial score (nSPS) is 26.8. The van der Waals surface area contributed by atoms with E-state index in [0.29, 0.717) is 12.8 Å². The Morgan fingerprint density at radius 3 is 1.39 bits per heavy atom. The first-order valence-corrected chi connectivity index (χ1v) is 30.7. The molecule has 0 aromatic rings. The van der Waals surface area contributed by atoms with Gasteiger partial charge >= 0.3 is 0 Å². The van der Waals surface area contributed by atoms with Crippen molar-refractivity contribution in [3.63, 3.8) is 0 Å². The van der Waals surface area contributed by atoms with Crippen LogP contribution < -0.4 is 21.3 Å². The highest BCUT2D eigenvalue weighted by molar-refractivity contribution is 5.99. The maximum atomic E-state index is 15.1. The third-order valence-electron chi connectivity index (χ3n) is 16.2. The summed E-state index contributed by atoms with van der Waals surface area (Å²) in [5.74, 6) is -9.47. The summed E-state index contributed by atoms with van der Waals surface area (Å²) in [6.07, 6.45) is 3.60. The molecule has 85 heavy (non-hydrogen) atoms. The minimum atomic E-state index is -1.61. The van der Waals surface area contributed by atoms with Gasteiger partial charge in [0.15, 0.2) is 0 Å². The first-order chi connectivity index (χ1) is 39.4. The number of likely N-dealkylation sites (N-methyl/N-ethyl adjacent to an activating group) is 7. The number of amides is 11. The monoisotopic (exact) mass is 1200 g/mol. The van der Waals surface area contributed by atoms with Gasteiger partial charge in [0.1, 0.15) is 60.4 Å². The van der Waals surface area contributed by atoms with Crippen LogP contribution in [0.25, 0.3) is 0 Å². The standard InChI is InChI=1S/C62H111N11O12/c1-24-28-30-40(15)52(75)51-56(79)65-43(27-4)58(81)67(17)34-48(74)68(18)44(29-25-2)54(77)66-49(38(11)12)61(84)69(19)45(31-35(5)6)55(78)64-42(26-3)53(76)63-41(16)57(80)70(20)46(32-36(7)8)59(82)71(21)47(33-37(9)10)60(83)72(22)50(39(13)14)62(85)73(51)23/h24,28,35-47,49-52,75H,25-27,29-34H2,1-23H3,(H,63,76)(H,64,78)(H,65,79)(H,66,77)/b28-24+/t40-,41-,42+,43+,44+,45+,46+,47+,49+,50+,51+,52-/m1/s1. The number of hydrogen-bond acceptors (Lipinski definition) is 12. The number of allylic oxidation sites excluding steroid dienone is 2. The fourth-order valence-corrected chi connectivity index (χ4v) is 10.8. The molecule has 23 heteroatoms. The summed E-state index contributed by atoms with van der Waals surface area (Å²) in [4.78, 5) is 169. The van der Waals surface area contributed by atoms with E-state index in [1.54, 1.807) is 61.5 Å². The quantitative estimate of drug-likeness (QED) is 0.139. The Hall–Kier alpha value is -6.13. The summed E-state index contributed by atoms with van der Waals surface area (Å²) in [6, 6.07) is -12.2. The predicted octanol–water partition coefficient (Wildman–Crippen LogP) is 3.41. The SMILES string of the molecule is C/C=C/C[C@@H](C)[C@@H](O)[C@H]1C(=O)N[C@@H](CC)C(=O)N(C)CC(=O)N(C)[C@@H](CCC)C(=O)N[C@@H](C(C)C)C(=O)N(C)[C@@H](CC(C)C)C(=O)N[C@@H](CC)C(=O)N[C@H](C)C(=O)N(C)[C@@H](CC(C)C)C(=O)N(C)[C@@H](CC(C)C)C(=O)N(C)[C@@H](C(C)C)C(=O)N1C. The molecule has 0 aliphatic carbocycles. The third kappa shape index (κ3) is 21.4. The lowest BCUT2D eigenvalue weighted by atomic mass is 9.91. The summed E-state index contributed by atoms with van der Waals surface area (Å²) < 4.78 is 0. The first-order valence-electron chi connectivity index (χ1n) is 30.7. The van der Waals surface area contributed by atoms with Crippen LogP contribution in [0.3, 0.4) is 0 Å². The molecule has 0 aromatic carbocycles. The molecule has 0 bridgehead atoms. The van der Waals surface area contributed by atoms with Crippen LogP contribution >= 0.6 is 0 Å². The molecule has 1 saturated heterocycles. The average molecular weight is 1200 g/mol. The van der Waals surface area contributed by atoms with Gasteiger partial charge in [-0.1, -0.05) is 116 Å². The zero-order valence-corrected chi connectivity index (χ0v) is 55.9. The van der Waals surface area contributed by atoms with Crippen LogP contribution in [0, 0.1) is 35.5 Å². The van der Waals surface area contributed by atoms with Gasteiger partial charge in [-0.25, -0.2) is 0 Å². The van der Waals surface area contributed by atoms with Crippen molar-refractivity contribution in [2.24, 2.45) is 35.5 Å². The van der Waals surface area contributed by atoms with Gasteiger partial charge in [0, 0.05) is 49.3 Å². The Bertz CT molecular complexity index is 2310. The van der Waals surface area contributed by atoms with E-state index in [-0.39, 0.29) is 56.3 Å². The van der Waals surface area contributed by atoms with Crippen molar-refractivity contribution in [2.75, 3.05) is 55.9 Å². The average Bonchev–Trinajstić information content (AvgIpc) is 3.48. The predicted molar refractivity (Wildman–Crippen MR) is 329 cm³/mol. The zero-order valence-electron chi connectivity index (χ0n) is 55.9. The van der Waals surface area contributed by atoms with Gasteiger partial charge in [-0.15, -0.1) is 0 Å². The summed E-state index contributed by atoms with van der Waals surface area (Å²) in [6.45, 7) is 27.7. The second-order valence-corrected chi connectivity index (χ2v) is 25.5. The van der Waals surface area contributed by atoms with Crippen LogP contribution in [0.2, 0.25) is 0 Å². The largest absolute Gasteiger partial charge is 0.390 e. The summed E-state index contributed by atoms with van der Waals surface area (Å²) >= 11 is 0. The molecule has 486 valence electrons. The van der Waals surface area contributed by atoms with Gasteiger partial charge in [0.05, 0.1) is 12.6 Å². The minimum absolute atomic E-state index is 0.0255. The van der Waals surface area contributed by atoms with Gasteiger partial charge in [-0.2, -0.15) is 0 Å².